The molecule has 1 aromatic rings. The van der Waals surface area contributed by atoms with Crippen molar-refractivity contribution in [3.63, 3.8) is 0 Å². The Morgan fingerprint density at radius 1 is 1.32 bits per heavy atom. The molecule has 1 aromatic carbocycles. The Bertz CT molecular complexity index is 446. The van der Waals surface area contributed by atoms with Gasteiger partial charge in [-0.3, -0.25) is 4.79 Å². The molecule has 104 valence electrons. The fraction of sp³-hybridized carbons (Fsp3) is 0.429. The molecule has 1 rings (SSSR count). The second-order valence-electron chi connectivity index (χ2n) is 4.38. The zero-order valence-corrected chi connectivity index (χ0v) is 11.3. The molecule has 0 bridgehead atoms. The number of hydrogen-bond donors (Lipinski definition) is 2. The Balaban J connectivity index is 2.51. The van der Waals surface area contributed by atoms with Crippen LogP contribution in [0, 0.1) is 0 Å². The zero-order chi connectivity index (χ0) is 14.3. The number of carbonyl (C=O) groups is 2. The molecule has 0 unspecified atom stereocenters. The fourth-order valence-corrected chi connectivity index (χ4v) is 1.66. The van der Waals surface area contributed by atoms with E-state index in [1.54, 1.807) is 18.2 Å². The van der Waals surface area contributed by atoms with Crippen LogP contribution in [0.4, 0.5) is 0 Å². The first-order valence-corrected chi connectivity index (χ1v) is 6.31. The van der Waals surface area contributed by atoms with E-state index in [1.165, 1.54) is 6.07 Å². The highest BCUT2D eigenvalue weighted by Crippen LogP contribution is 2.09. The smallest absolute Gasteiger partial charge is 0.335 e. The average Bonchev–Trinajstić information content (AvgIpc) is 2.38. The molecule has 1 amide bonds. The number of amides is 1. The summed E-state index contributed by atoms with van der Waals surface area (Å²) < 4.78 is 0. The molecule has 0 aliphatic carbocycles. The van der Waals surface area contributed by atoms with Crippen molar-refractivity contribution in [1.29, 1.82) is 0 Å². The minimum absolute atomic E-state index is 0.0955. The van der Waals surface area contributed by atoms with E-state index in [9.17, 15) is 9.59 Å². The van der Waals surface area contributed by atoms with Crippen LogP contribution in [-0.4, -0.2) is 48.6 Å². The maximum atomic E-state index is 11.7. The summed E-state index contributed by atoms with van der Waals surface area (Å²) in [5, 5.41) is 11.8. The molecule has 19 heavy (non-hydrogen) atoms. The average molecular weight is 264 g/mol. The number of hydrogen-bond acceptors (Lipinski definition) is 3. The standard InChI is InChI=1S/C14H20N2O3/c1-3-16(2)9-8-15-13(17)10-11-6-4-5-7-12(11)14(18)19/h4-7H,3,8-10H2,1-2H3,(H,15,17)(H,18,19). The molecule has 0 fully saturated rings. The van der Waals surface area contributed by atoms with Crippen molar-refractivity contribution in [2.45, 2.75) is 13.3 Å². The van der Waals surface area contributed by atoms with Gasteiger partial charge in [-0.2, -0.15) is 0 Å². The Morgan fingerprint density at radius 3 is 2.63 bits per heavy atom. The maximum absolute atomic E-state index is 11.7. The van der Waals surface area contributed by atoms with E-state index in [4.69, 9.17) is 5.11 Å². The Labute approximate surface area is 113 Å². The third kappa shape index (κ3) is 5.09. The molecule has 0 atom stereocenters. The lowest BCUT2D eigenvalue weighted by Crippen LogP contribution is -2.33. The summed E-state index contributed by atoms with van der Waals surface area (Å²) in [6, 6.07) is 6.57. The Kier molecular flexibility index (Phi) is 6.02. The van der Waals surface area contributed by atoms with Crippen LogP contribution in [0.1, 0.15) is 22.8 Å². The summed E-state index contributed by atoms with van der Waals surface area (Å²) in [5.41, 5.74) is 0.722. The lowest BCUT2D eigenvalue weighted by Gasteiger charge is -2.14. The van der Waals surface area contributed by atoms with E-state index in [0.717, 1.165) is 13.1 Å². The highest BCUT2D eigenvalue weighted by Gasteiger charge is 2.12. The summed E-state index contributed by atoms with van der Waals surface area (Å²) >= 11 is 0. The van der Waals surface area contributed by atoms with Gasteiger partial charge in [0.25, 0.3) is 0 Å². The van der Waals surface area contributed by atoms with Crippen LogP contribution in [0.2, 0.25) is 0 Å². The van der Waals surface area contributed by atoms with Crippen LogP contribution in [0.3, 0.4) is 0 Å². The van der Waals surface area contributed by atoms with Crippen molar-refractivity contribution < 1.29 is 14.7 Å². The number of carboxylic acids is 1. The van der Waals surface area contributed by atoms with Gasteiger partial charge >= 0.3 is 5.97 Å². The van der Waals surface area contributed by atoms with Gasteiger partial charge in [-0.15, -0.1) is 0 Å². The lowest BCUT2D eigenvalue weighted by atomic mass is 10.0. The van der Waals surface area contributed by atoms with Crippen LogP contribution < -0.4 is 5.32 Å². The first-order valence-electron chi connectivity index (χ1n) is 6.31. The van der Waals surface area contributed by atoms with E-state index < -0.39 is 5.97 Å². The van der Waals surface area contributed by atoms with Gasteiger partial charge < -0.3 is 15.3 Å². The predicted molar refractivity (Wildman–Crippen MR) is 73.3 cm³/mol. The van der Waals surface area contributed by atoms with E-state index >= 15 is 0 Å². The first-order chi connectivity index (χ1) is 9.04. The van der Waals surface area contributed by atoms with Gasteiger partial charge in [0.1, 0.15) is 0 Å². The summed E-state index contributed by atoms with van der Waals surface area (Å²) in [6.45, 7) is 4.32. The lowest BCUT2D eigenvalue weighted by molar-refractivity contribution is -0.120. The maximum Gasteiger partial charge on any atom is 0.335 e. The zero-order valence-electron chi connectivity index (χ0n) is 11.3. The van der Waals surface area contributed by atoms with Gasteiger partial charge in [0.2, 0.25) is 5.91 Å². The molecule has 0 saturated heterocycles. The molecular weight excluding hydrogens is 244 g/mol. The topological polar surface area (TPSA) is 69.6 Å². The number of aromatic carboxylic acids is 1. The van der Waals surface area contributed by atoms with Crippen molar-refractivity contribution in [2.24, 2.45) is 0 Å². The van der Waals surface area contributed by atoms with E-state index in [0.29, 0.717) is 12.1 Å². The molecular formula is C14H20N2O3. The molecule has 5 heteroatoms. The van der Waals surface area contributed by atoms with Gasteiger partial charge in [-0.1, -0.05) is 25.1 Å². The van der Waals surface area contributed by atoms with Crippen LogP contribution in [0.15, 0.2) is 24.3 Å². The number of nitrogens with one attached hydrogen (secondary N) is 1. The van der Waals surface area contributed by atoms with Gasteiger partial charge in [0, 0.05) is 13.1 Å². The molecule has 0 heterocycles. The molecule has 0 radical (unpaired) electrons. The normalized spacial score (nSPS) is 10.5. The van der Waals surface area contributed by atoms with Crippen molar-refractivity contribution in [3.05, 3.63) is 35.4 Å². The molecule has 0 aliphatic heterocycles. The molecule has 5 nitrogen and oxygen atoms in total. The molecule has 0 aliphatic rings. The van der Waals surface area contributed by atoms with Crippen molar-refractivity contribution in [3.8, 4) is 0 Å². The van der Waals surface area contributed by atoms with Crippen molar-refractivity contribution in [2.75, 3.05) is 26.7 Å². The van der Waals surface area contributed by atoms with E-state index in [1.807, 2.05) is 14.0 Å². The van der Waals surface area contributed by atoms with Crippen LogP contribution in [-0.2, 0) is 11.2 Å². The highest BCUT2D eigenvalue weighted by molar-refractivity contribution is 5.91. The summed E-state index contributed by atoms with van der Waals surface area (Å²) in [5.74, 6) is -1.16. The van der Waals surface area contributed by atoms with Gasteiger partial charge in [-0.05, 0) is 25.2 Å². The minimum Gasteiger partial charge on any atom is -0.478 e. The summed E-state index contributed by atoms with van der Waals surface area (Å²) in [4.78, 5) is 24.8. The quantitative estimate of drug-likeness (QED) is 0.770. The Morgan fingerprint density at radius 2 is 2.00 bits per heavy atom. The molecule has 0 spiro atoms. The number of rotatable bonds is 7. The van der Waals surface area contributed by atoms with E-state index in [2.05, 4.69) is 10.2 Å². The van der Waals surface area contributed by atoms with Crippen LogP contribution in [0.5, 0.6) is 0 Å². The SMILES string of the molecule is CCN(C)CCNC(=O)Cc1ccccc1C(=O)O. The Hall–Kier alpha value is -1.88. The van der Waals surface area contributed by atoms with Gasteiger partial charge in [0.15, 0.2) is 0 Å². The third-order valence-corrected chi connectivity index (χ3v) is 2.95. The molecule has 0 aromatic heterocycles. The predicted octanol–water partition coefficient (Wildman–Crippen LogP) is 0.995. The second kappa shape index (κ2) is 7.53. The van der Waals surface area contributed by atoms with Crippen LogP contribution >= 0.6 is 0 Å². The number of benzene rings is 1. The third-order valence-electron chi connectivity index (χ3n) is 2.95. The van der Waals surface area contributed by atoms with Crippen LogP contribution in [0.25, 0.3) is 0 Å². The van der Waals surface area contributed by atoms with E-state index in [-0.39, 0.29) is 17.9 Å². The monoisotopic (exact) mass is 264 g/mol. The number of carboxylic acid groups (broad SMARTS) is 1. The fourth-order valence-electron chi connectivity index (χ4n) is 1.66. The summed E-state index contributed by atoms with van der Waals surface area (Å²) in [6.07, 6.45) is 0.0955. The molecule has 0 saturated carbocycles. The molecule has 2 N–H and O–H groups in total. The van der Waals surface area contributed by atoms with Gasteiger partial charge in [0.05, 0.1) is 12.0 Å². The number of likely N-dealkylation sites (N-methyl/N-ethyl adjacent to an activating group) is 1. The second-order valence-corrected chi connectivity index (χ2v) is 4.38. The largest absolute Gasteiger partial charge is 0.478 e. The first kappa shape index (κ1) is 15.2. The van der Waals surface area contributed by atoms with Gasteiger partial charge in [-0.25, -0.2) is 4.79 Å². The highest BCUT2D eigenvalue weighted by atomic mass is 16.4. The van der Waals surface area contributed by atoms with Crippen molar-refractivity contribution >= 4 is 11.9 Å². The number of nitrogens with zero attached hydrogens (tertiary/aromatic N) is 1. The summed E-state index contributed by atoms with van der Waals surface area (Å²) in [7, 11) is 1.98. The minimum atomic E-state index is -1.01. The number of carbonyl (C=O) groups excluding carboxylic acids is 1. The van der Waals surface area contributed by atoms with Crippen molar-refractivity contribution in [1.82, 2.24) is 10.2 Å².